The second-order valence-corrected chi connectivity index (χ2v) is 7.64. The fourth-order valence-corrected chi connectivity index (χ4v) is 4.69. The number of rotatable bonds is 6. The van der Waals surface area contributed by atoms with Crippen LogP contribution in [0.1, 0.15) is 43.2 Å². The molecule has 4 rings (SSSR count). The van der Waals surface area contributed by atoms with Crippen molar-refractivity contribution in [2.24, 2.45) is 5.92 Å². The maximum absolute atomic E-state index is 12.1. The van der Waals surface area contributed by atoms with E-state index in [0.29, 0.717) is 24.0 Å². The van der Waals surface area contributed by atoms with E-state index in [-0.39, 0.29) is 5.91 Å². The molecule has 1 saturated carbocycles. The Hall–Kier alpha value is -1.39. The van der Waals surface area contributed by atoms with Crippen LogP contribution in [0.3, 0.4) is 0 Å². The van der Waals surface area contributed by atoms with Crippen molar-refractivity contribution < 1.29 is 9.53 Å². The molecule has 130 valence electrons. The average Bonchev–Trinajstić information content (AvgIpc) is 3.03. The lowest BCUT2D eigenvalue weighted by molar-refractivity contribution is -0.120. The summed E-state index contributed by atoms with van der Waals surface area (Å²) in [5, 5.41) is 6.35. The predicted octanol–water partition coefficient (Wildman–Crippen LogP) is 2.17. The largest absolute Gasteiger partial charge is 0.377 e. The van der Waals surface area contributed by atoms with Crippen LogP contribution in [0.15, 0.2) is 24.3 Å². The number of amides is 1. The molecule has 0 aromatic heterocycles. The van der Waals surface area contributed by atoms with Crippen LogP contribution in [-0.2, 0) is 21.4 Å². The lowest BCUT2D eigenvalue weighted by Gasteiger charge is -2.26. The van der Waals surface area contributed by atoms with Crippen LogP contribution < -0.4 is 10.6 Å². The van der Waals surface area contributed by atoms with Crippen molar-refractivity contribution in [1.82, 2.24) is 10.6 Å². The number of carbonyl (C=O) groups excluding carboxylic acids is 1. The molecule has 1 aromatic rings. The molecule has 0 radical (unpaired) electrons. The number of aryl methyl sites for hydroxylation is 1. The van der Waals surface area contributed by atoms with Crippen molar-refractivity contribution >= 4 is 5.91 Å². The zero-order valence-electron chi connectivity index (χ0n) is 14.4. The minimum Gasteiger partial charge on any atom is -0.377 e. The number of hydrogen-bond donors (Lipinski definition) is 2. The van der Waals surface area contributed by atoms with Gasteiger partial charge in [-0.1, -0.05) is 24.3 Å². The smallest absolute Gasteiger partial charge is 0.233 e. The van der Waals surface area contributed by atoms with Crippen molar-refractivity contribution in [3.63, 3.8) is 0 Å². The normalized spacial score (nSPS) is 31.0. The number of ether oxygens (including phenoxy) is 1. The van der Waals surface area contributed by atoms with Crippen molar-refractivity contribution in [3.8, 4) is 0 Å². The van der Waals surface area contributed by atoms with E-state index in [2.05, 4.69) is 34.9 Å². The Labute approximate surface area is 144 Å². The van der Waals surface area contributed by atoms with E-state index < -0.39 is 0 Å². The van der Waals surface area contributed by atoms with Gasteiger partial charge >= 0.3 is 0 Å². The van der Waals surface area contributed by atoms with Crippen LogP contribution in [-0.4, -0.2) is 38.3 Å². The molecule has 1 saturated heterocycles. The van der Waals surface area contributed by atoms with Gasteiger partial charge in [-0.15, -0.1) is 0 Å². The summed E-state index contributed by atoms with van der Waals surface area (Å²) in [4.78, 5) is 12.1. The zero-order valence-corrected chi connectivity index (χ0v) is 14.4. The van der Waals surface area contributed by atoms with Gasteiger partial charge in [0.2, 0.25) is 5.91 Å². The molecule has 1 spiro atoms. The van der Waals surface area contributed by atoms with Crippen LogP contribution in [0.5, 0.6) is 0 Å². The van der Waals surface area contributed by atoms with E-state index in [0.717, 1.165) is 32.5 Å². The fourth-order valence-electron chi connectivity index (χ4n) is 4.69. The molecular weight excluding hydrogens is 300 g/mol. The summed E-state index contributed by atoms with van der Waals surface area (Å²) in [5.74, 6) is 0.722. The number of nitrogens with one attached hydrogen (secondary N) is 2. The molecule has 2 aliphatic carbocycles. The van der Waals surface area contributed by atoms with Gasteiger partial charge in [-0.25, -0.2) is 0 Å². The molecular formula is C20H28N2O2. The molecule has 2 fully saturated rings. The average molecular weight is 328 g/mol. The van der Waals surface area contributed by atoms with Gasteiger partial charge in [-0.3, -0.25) is 4.79 Å². The molecule has 4 nitrogen and oxygen atoms in total. The van der Waals surface area contributed by atoms with E-state index >= 15 is 0 Å². The quantitative estimate of drug-likeness (QED) is 0.841. The topological polar surface area (TPSA) is 50.4 Å². The first-order valence-electron chi connectivity index (χ1n) is 9.45. The van der Waals surface area contributed by atoms with Crippen molar-refractivity contribution in [2.75, 3.05) is 26.2 Å². The summed E-state index contributed by atoms with van der Waals surface area (Å²) in [6, 6.07) is 8.89. The van der Waals surface area contributed by atoms with E-state index in [1.807, 2.05) is 0 Å². The van der Waals surface area contributed by atoms with Crippen LogP contribution >= 0.6 is 0 Å². The summed E-state index contributed by atoms with van der Waals surface area (Å²) in [7, 11) is 0. The highest BCUT2D eigenvalue weighted by Gasteiger charge is 2.56. The number of benzene rings is 1. The lowest BCUT2D eigenvalue weighted by atomic mass is 9.78. The molecule has 1 amide bonds. The van der Waals surface area contributed by atoms with E-state index in [4.69, 9.17) is 4.74 Å². The van der Waals surface area contributed by atoms with Crippen LogP contribution in [0.25, 0.3) is 0 Å². The van der Waals surface area contributed by atoms with Gasteiger partial charge < -0.3 is 15.4 Å². The maximum atomic E-state index is 12.1. The molecule has 24 heavy (non-hydrogen) atoms. The third-order valence-electron chi connectivity index (χ3n) is 6.08. The summed E-state index contributed by atoms with van der Waals surface area (Å²) < 4.78 is 5.56. The van der Waals surface area contributed by atoms with Crippen LogP contribution in [0, 0.1) is 5.92 Å². The Morgan fingerprint density at radius 3 is 3.04 bits per heavy atom. The Morgan fingerprint density at radius 1 is 1.25 bits per heavy atom. The number of carbonyl (C=O) groups is 1. The van der Waals surface area contributed by atoms with Crippen LogP contribution in [0.4, 0.5) is 0 Å². The van der Waals surface area contributed by atoms with E-state index in [9.17, 15) is 4.79 Å². The highest BCUT2D eigenvalue weighted by atomic mass is 16.5. The fraction of sp³-hybridized carbons (Fsp3) is 0.650. The van der Waals surface area contributed by atoms with Gasteiger partial charge in [0, 0.05) is 25.1 Å². The first-order valence-corrected chi connectivity index (χ1v) is 9.45. The highest BCUT2D eigenvalue weighted by molar-refractivity contribution is 5.78. The Morgan fingerprint density at radius 2 is 2.17 bits per heavy atom. The maximum Gasteiger partial charge on any atom is 0.233 e. The first kappa shape index (κ1) is 16.1. The Bertz CT molecular complexity index is 597. The zero-order chi connectivity index (χ0) is 16.4. The van der Waals surface area contributed by atoms with Gasteiger partial charge in [0.1, 0.15) is 0 Å². The number of fused-ring (bicyclic) bond motifs is 2. The first-order chi connectivity index (χ1) is 11.8. The third kappa shape index (κ3) is 3.22. The summed E-state index contributed by atoms with van der Waals surface area (Å²) in [6.07, 6.45) is 7.55. The lowest BCUT2D eigenvalue weighted by Crippen LogP contribution is -2.38. The minimum absolute atomic E-state index is 0.110. The van der Waals surface area contributed by atoms with Crippen molar-refractivity contribution in [2.45, 2.75) is 50.0 Å². The Kier molecular flexibility index (Phi) is 4.59. The van der Waals surface area contributed by atoms with Gasteiger partial charge in [-0.05, 0) is 55.6 Å². The monoisotopic (exact) mass is 328 g/mol. The summed E-state index contributed by atoms with van der Waals surface area (Å²) >= 11 is 0. The number of hydrogen-bond acceptors (Lipinski definition) is 3. The Balaban J connectivity index is 1.23. The van der Waals surface area contributed by atoms with E-state index in [1.54, 1.807) is 5.56 Å². The van der Waals surface area contributed by atoms with Gasteiger partial charge in [0.05, 0.1) is 12.6 Å². The SMILES string of the molecule is O=C(CNC[C@@H]1CCCO1)NC[C@@H]1C[C@@]12CCCc1ccccc12. The molecule has 3 aliphatic rings. The molecule has 0 unspecified atom stereocenters. The van der Waals surface area contributed by atoms with Crippen molar-refractivity contribution in [3.05, 3.63) is 35.4 Å². The second-order valence-electron chi connectivity index (χ2n) is 7.64. The third-order valence-corrected chi connectivity index (χ3v) is 6.08. The van der Waals surface area contributed by atoms with Gasteiger partial charge in [-0.2, -0.15) is 0 Å². The molecule has 1 aliphatic heterocycles. The molecule has 0 bridgehead atoms. The summed E-state index contributed by atoms with van der Waals surface area (Å²) in [5.41, 5.74) is 3.43. The highest BCUT2D eigenvalue weighted by Crippen LogP contribution is 2.59. The standard InChI is InChI=1S/C20H28N2O2/c23-19(14-21-13-17-7-4-10-24-17)22-12-16-11-20(16)9-3-6-15-5-1-2-8-18(15)20/h1-2,5,8,16-17,21H,3-4,6-7,9-14H2,(H,22,23)/t16-,17-,20-/m0/s1. The molecule has 2 N–H and O–H groups in total. The molecule has 1 aromatic carbocycles. The molecule has 3 atom stereocenters. The van der Waals surface area contributed by atoms with E-state index in [1.165, 1.54) is 31.2 Å². The molecule has 1 heterocycles. The van der Waals surface area contributed by atoms with Crippen LogP contribution in [0.2, 0.25) is 0 Å². The van der Waals surface area contributed by atoms with Gasteiger partial charge in [0.25, 0.3) is 0 Å². The second kappa shape index (κ2) is 6.85. The summed E-state index contributed by atoms with van der Waals surface area (Å²) in [6.45, 7) is 2.86. The van der Waals surface area contributed by atoms with Crippen molar-refractivity contribution in [1.29, 1.82) is 0 Å². The molecule has 4 heteroatoms. The van der Waals surface area contributed by atoms with Gasteiger partial charge in [0.15, 0.2) is 0 Å². The minimum atomic E-state index is 0.110. The predicted molar refractivity (Wildman–Crippen MR) is 94.0 cm³/mol.